The number of alkyl halides is 2. The minimum Gasteiger partial charge on any atom is -0.493 e. The van der Waals surface area contributed by atoms with Crippen LogP contribution in [-0.4, -0.2) is 59.0 Å². The van der Waals surface area contributed by atoms with Crippen LogP contribution in [0.3, 0.4) is 0 Å². The quantitative estimate of drug-likeness (QED) is 0.315. The third kappa shape index (κ3) is 7.04. The van der Waals surface area contributed by atoms with Crippen LogP contribution in [-0.2, 0) is 11.2 Å². The Balaban J connectivity index is 1.95. The molecule has 8 nitrogen and oxygen atoms in total. The third-order valence-corrected chi connectivity index (χ3v) is 6.83. The molecule has 1 aliphatic carbocycles. The fraction of sp³-hybridized carbons (Fsp3) is 0.483. The Kier molecular flexibility index (Phi) is 9.53. The lowest BCUT2D eigenvalue weighted by Gasteiger charge is -2.45. The Morgan fingerprint density at radius 3 is 2.08 bits per heavy atom. The van der Waals surface area contributed by atoms with Gasteiger partial charge >= 0.3 is 12.0 Å². The summed E-state index contributed by atoms with van der Waals surface area (Å²) in [6.45, 7) is 7.52. The summed E-state index contributed by atoms with van der Waals surface area (Å²) in [6, 6.07) is 11.6. The number of Topliss-reactive ketones (excluding diaryl/α,β-unsaturated/α-hetero) is 1. The van der Waals surface area contributed by atoms with E-state index in [9.17, 15) is 28.3 Å². The first-order valence-corrected chi connectivity index (χ1v) is 13.1. The van der Waals surface area contributed by atoms with Gasteiger partial charge in [-0.3, -0.25) is 4.79 Å². The molecule has 0 spiro atoms. The molecule has 0 aromatic heterocycles. The van der Waals surface area contributed by atoms with Gasteiger partial charge in [0.15, 0.2) is 11.3 Å². The van der Waals surface area contributed by atoms with Crippen molar-refractivity contribution in [1.29, 1.82) is 0 Å². The van der Waals surface area contributed by atoms with Gasteiger partial charge in [0.05, 0.1) is 19.3 Å². The summed E-state index contributed by atoms with van der Waals surface area (Å²) in [5.41, 5.74) is -0.0979. The van der Waals surface area contributed by atoms with Crippen LogP contribution in [0.5, 0.6) is 11.5 Å². The number of nitrogens with one attached hydrogen (secondary N) is 1. The fourth-order valence-electron chi connectivity index (χ4n) is 4.89. The SMILES string of the molecule is CCOc1cc([C@@H](C)N(CCCc2ccccc2)C(=O)NC2(C(=O)O)CC(F)(F)C2)cc(OCC)c1C(C)=O. The number of ether oxygens (including phenoxy) is 2. The zero-order valence-corrected chi connectivity index (χ0v) is 22.8. The number of carbonyl (C=O) groups is 3. The number of carbonyl (C=O) groups excluding carboxylic acids is 2. The van der Waals surface area contributed by atoms with E-state index in [1.165, 1.54) is 11.8 Å². The van der Waals surface area contributed by atoms with Gasteiger partial charge in [-0.15, -0.1) is 0 Å². The minimum absolute atomic E-state index is 0.219. The van der Waals surface area contributed by atoms with Crippen LogP contribution in [0.1, 0.15) is 74.5 Å². The van der Waals surface area contributed by atoms with E-state index in [2.05, 4.69) is 5.32 Å². The molecule has 0 radical (unpaired) electrons. The lowest BCUT2D eigenvalue weighted by Crippen LogP contribution is -2.68. The van der Waals surface area contributed by atoms with E-state index in [0.717, 1.165) is 5.56 Å². The van der Waals surface area contributed by atoms with E-state index in [4.69, 9.17) is 9.47 Å². The van der Waals surface area contributed by atoms with Crippen molar-refractivity contribution >= 4 is 17.8 Å². The summed E-state index contributed by atoms with van der Waals surface area (Å²) < 4.78 is 38.9. The van der Waals surface area contributed by atoms with Gasteiger partial charge in [0, 0.05) is 19.4 Å². The van der Waals surface area contributed by atoms with E-state index in [1.807, 2.05) is 30.3 Å². The molecule has 3 rings (SSSR count). The van der Waals surface area contributed by atoms with Gasteiger partial charge in [0.1, 0.15) is 17.1 Å². The first-order chi connectivity index (χ1) is 18.4. The summed E-state index contributed by atoms with van der Waals surface area (Å²) in [5.74, 6) is -4.28. The van der Waals surface area contributed by atoms with Crippen LogP contribution in [0.4, 0.5) is 13.6 Å². The Hall–Kier alpha value is -3.69. The first kappa shape index (κ1) is 29.9. The zero-order valence-electron chi connectivity index (χ0n) is 22.8. The molecule has 2 amide bonds. The molecule has 212 valence electrons. The second-order valence-corrected chi connectivity index (χ2v) is 9.80. The number of amides is 2. The number of benzene rings is 2. The van der Waals surface area contributed by atoms with Crippen molar-refractivity contribution < 1.29 is 37.7 Å². The molecule has 1 fully saturated rings. The van der Waals surface area contributed by atoms with Crippen LogP contribution in [0.25, 0.3) is 0 Å². The van der Waals surface area contributed by atoms with Crippen molar-refractivity contribution in [2.45, 2.75) is 70.9 Å². The van der Waals surface area contributed by atoms with E-state index < -0.39 is 42.3 Å². The van der Waals surface area contributed by atoms with Gasteiger partial charge in [-0.1, -0.05) is 30.3 Å². The number of hydrogen-bond donors (Lipinski definition) is 2. The molecule has 1 saturated carbocycles. The molecular weight excluding hydrogens is 510 g/mol. The predicted octanol–water partition coefficient (Wildman–Crippen LogP) is 5.64. The van der Waals surface area contributed by atoms with Crippen LogP contribution < -0.4 is 14.8 Å². The molecule has 2 N–H and O–H groups in total. The smallest absolute Gasteiger partial charge is 0.329 e. The molecule has 1 atom stereocenters. The number of urea groups is 1. The number of aryl methyl sites for hydroxylation is 1. The Morgan fingerprint density at radius 1 is 1.05 bits per heavy atom. The van der Waals surface area contributed by atoms with Crippen molar-refractivity contribution in [2.75, 3.05) is 19.8 Å². The van der Waals surface area contributed by atoms with E-state index in [0.29, 0.717) is 43.1 Å². The van der Waals surface area contributed by atoms with Crippen molar-refractivity contribution in [1.82, 2.24) is 10.2 Å². The van der Waals surface area contributed by atoms with Gasteiger partial charge in [-0.2, -0.15) is 0 Å². The summed E-state index contributed by atoms with van der Waals surface area (Å²) in [6.07, 6.45) is -0.746. The largest absolute Gasteiger partial charge is 0.493 e. The van der Waals surface area contributed by atoms with Gasteiger partial charge in [0.2, 0.25) is 0 Å². The molecule has 0 aliphatic heterocycles. The summed E-state index contributed by atoms with van der Waals surface area (Å²) in [5, 5.41) is 12.1. The average Bonchev–Trinajstić information content (AvgIpc) is 2.85. The normalized spacial score (nSPS) is 15.9. The number of ketones is 1. The van der Waals surface area contributed by atoms with Gasteiger partial charge in [-0.25, -0.2) is 18.4 Å². The minimum atomic E-state index is -3.16. The second-order valence-electron chi connectivity index (χ2n) is 9.80. The average molecular weight is 547 g/mol. The number of carboxylic acids is 1. The second kappa shape index (κ2) is 12.4. The Morgan fingerprint density at radius 2 is 1.62 bits per heavy atom. The zero-order chi connectivity index (χ0) is 28.8. The van der Waals surface area contributed by atoms with Gasteiger partial charge < -0.3 is 24.8 Å². The van der Waals surface area contributed by atoms with Crippen LogP contribution in [0, 0.1) is 0 Å². The highest BCUT2D eigenvalue weighted by atomic mass is 19.3. The number of aliphatic carboxylic acids is 1. The van der Waals surface area contributed by atoms with Crippen molar-refractivity contribution in [2.24, 2.45) is 0 Å². The fourth-order valence-corrected chi connectivity index (χ4v) is 4.89. The van der Waals surface area contributed by atoms with Crippen LogP contribution in [0.2, 0.25) is 0 Å². The highest BCUT2D eigenvalue weighted by Crippen LogP contribution is 2.46. The summed E-state index contributed by atoms with van der Waals surface area (Å²) >= 11 is 0. The van der Waals surface area contributed by atoms with Crippen LogP contribution >= 0.6 is 0 Å². The van der Waals surface area contributed by atoms with Gasteiger partial charge in [0.25, 0.3) is 5.92 Å². The lowest BCUT2D eigenvalue weighted by molar-refractivity contribution is -0.175. The molecule has 1 aliphatic rings. The van der Waals surface area contributed by atoms with Crippen molar-refractivity contribution in [3.8, 4) is 11.5 Å². The number of halogens is 2. The number of nitrogens with zero attached hydrogens (tertiary/aromatic N) is 1. The first-order valence-electron chi connectivity index (χ1n) is 13.1. The maximum atomic E-state index is 13.7. The molecule has 2 aromatic rings. The third-order valence-electron chi connectivity index (χ3n) is 6.83. The monoisotopic (exact) mass is 546 g/mol. The van der Waals surface area contributed by atoms with E-state index in [-0.39, 0.29) is 17.9 Å². The topological polar surface area (TPSA) is 105 Å². The highest BCUT2D eigenvalue weighted by molar-refractivity contribution is 6.00. The summed E-state index contributed by atoms with van der Waals surface area (Å²) in [4.78, 5) is 39.2. The Bertz CT molecular complexity index is 1150. The number of rotatable bonds is 13. The van der Waals surface area contributed by atoms with E-state index >= 15 is 0 Å². The molecule has 0 unspecified atom stereocenters. The molecule has 2 aromatic carbocycles. The number of hydrogen-bond acceptors (Lipinski definition) is 5. The maximum Gasteiger partial charge on any atom is 0.329 e. The van der Waals surface area contributed by atoms with Crippen molar-refractivity contribution in [3.63, 3.8) is 0 Å². The molecule has 39 heavy (non-hydrogen) atoms. The standard InChI is InChI=1S/C29H36F2N2O6/c1-5-38-23-15-22(16-24(39-6-2)25(23)20(4)34)19(3)33(14-10-13-21-11-8-7-9-12-21)27(37)32-28(26(35)36)17-29(30,31)18-28/h7-9,11-12,15-16,19H,5-6,10,13-14,17-18H2,1-4H3,(H,32,37)(H,35,36)/t19-/m1/s1. The molecular formula is C29H36F2N2O6. The lowest BCUT2D eigenvalue weighted by atomic mass is 9.73. The maximum absolute atomic E-state index is 13.7. The molecule has 0 heterocycles. The predicted molar refractivity (Wildman–Crippen MR) is 142 cm³/mol. The van der Waals surface area contributed by atoms with Crippen LogP contribution in [0.15, 0.2) is 42.5 Å². The van der Waals surface area contributed by atoms with Gasteiger partial charge in [-0.05, 0) is 63.8 Å². The molecule has 0 saturated heterocycles. The van der Waals surface area contributed by atoms with Crippen molar-refractivity contribution in [3.05, 3.63) is 59.2 Å². The number of carboxylic acid groups (broad SMARTS) is 1. The molecule has 0 bridgehead atoms. The van der Waals surface area contributed by atoms with E-state index in [1.54, 1.807) is 32.9 Å². The Labute approximate surface area is 227 Å². The molecule has 10 heteroatoms. The summed E-state index contributed by atoms with van der Waals surface area (Å²) in [7, 11) is 0. The highest BCUT2D eigenvalue weighted by Gasteiger charge is 2.62.